The van der Waals surface area contributed by atoms with Crippen LogP contribution in [0.5, 0.6) is 5.75 Å². The van der Waals surface area contributed by atoms with Gasteiger partial charge < -0.3 is 9.47 Å². The fourth-order valence-corrected chi connectivity index (χ4v) is 2.81. The summed E-state index contributed by atoms with van der Waals surface area (Å²) in [5.74, 6) is 0.583. The molecule has 3 rings (SSSR count). The van der Waals surface area contributed by atoms with E-state index in [1.54, 1.807) is 7.11 Å². The molecule has 0 saturated carbocycles. The molecule has 0 bridgehead atoms. The predicted octanol–water partition coefficient (Wildman–Crippen LogP) is 5.13. The quantitative estimate of drug-likeness (QED) is 0.581. The van der Waals surface area contributed by atoms with Crippen LogP contribution in [0.25, 0.3) is 11.1 Å². The lowest BCUT2D eigenvalue weighted by molar-refractivity contribution is 0.0526. The van der Waals surface area contributed by atoms with E-state index in [2.05, 4.69) is 36.4 Å². The molecule has 0 amide bonds. The standard InChI is InChI=1S/C23H22O3/c1-3-26-23(24)21-10-6-18(7-11-21)16-17-4-8-19(9-5-17)20-12-14-22(25-2)15-13-20/h4-15H,3,16H2,1-2H3. The van der Waals surface area contributed by atoms with Crippen LogP contribution >= 0.6 is 0 Å². The van der Waals surface area contributed by atoms with Gasteiger partial charge in [-0.3, -0.25) is 0 Å². The van der Waals surface area contributed by atoms with Crippen molar-refractivity contribution in [3.8, 4) is 16.9 Å². The first-order chi connectivity index (χ1) is 12.7. The Labute approximate surface area is 154 Å². The molecule has 0 aromatic heterocycles. The van der Waals surface area contributed by atoms with E-state index in [0.29, 0.717) is 12.2 Å². The molecule has 0 spiro atoms. The number of carbonyl (C=O) groups is 1. The number of methoxy groups -OCH3 is 1. The molecule has 0 radical (unpaired) electrons. The van der Waals surface area contributed by atoms with Gasteiger partial charge >= 0.3 is 5.97 Å². The van der Waals surface area contributed by atoms with E-state index in [0.717, 1.165) is 23.3 Å². The zero-order chi connectivity index (χ0) is 18.4. The van der Waals surface area contributed by atoms with Crippen LogP contribution in [0.1, 0.15) is 28.4 Å². The number of carbonyl (C=O) groups excluding carboxylic acids is 1. The lowest BCUT2D eigenvalue weighted by Crippen LogP contribution is -2.04. The smallest absolute Gasteiger partial charge is 0.338 e. The van der Waals surface area contributed by atoms with E-state index in [-0.39, 0.29) is 5.97 Å². The van der Waals surface area contributed by atoms with Gasteiger partial charge in [-0.05, 0) is 59.9 Å². The highest BCUT2D eigenvalue weighted by Crippen LogP contribution is 2.23. The van der Waals surface area contributed by atoms with Crippen molar-refractivity contribution in [2.24, 2.45) is 0 Å². The molecule has 0 atom stereocenters. The topological polar surface area (TPSA) is 35.5 Å². The predicted molar refractivity (Wildman–Crippen MR) is 104 cm³/mol. The van der Waals surface area contributed by atoms with Crippen LogP contribution < -0.4 is 4.74 Å². The summed E-state index contributed by atoms with van der Waals surface area (Å²) in [6, 6.07) is 24.2. The highest BCUT2D eigenvalue weighted by molar-refractivity contribution is 5.89. The van der Waals surface area contributed by atoms with Gasteiger partial charge in [0.2, 0.25) is 0 Å². The SMILES string of the molecule is CCOC(=O)c1ccc(Cc2ccc(-c3ccc(OC)cc3)cc2)cc1. The lowest BCUT2D eigenvalue weighted by atomic mass is 10.00. The Kier molecular flexibility index (Phi) is 5.69. The monoisotopic (exact) mass is 346 g/mol. The summed E-state index contributed by atoms with van der Waals surface area (Å²) in [5, 5.41) is 0. The minimum absolute atomic E-state index is 0.275. The van der Waals surface area contributed by atoms with Crippen molar-refractivity contribution in [3.05, 3.63) is 89.5 Å². The first-order valence-corrected chi connectivity index (χ1v) is 8.69. The molecule has 26 heavy (non-hydrogen) atoms. The molecule has 0 fully saturated rings. The van der Waals surface area contributed by atoms with Crippen LogP contribution in [-0.2, 0) is 11.2 Å². The van der Waals surface area contributed by atoms with Crippen molar-refractivity contribution < 1.29 is 14.3 Å². The van der Waals surface area contributed by atoms with E-state index in [4.69, 9.17) is 9.47 Å². The van der Waals surface area contributed by atoms with Gasteiger partial charge in [0.15, 0.2) is 0 Å². The number of ether oxygens (including phenoxy) is 2. The third-order valence-corrected chi connectivity index (χ3v) is 4.25. The molecular weight excluding hydrogens is 324 g/mol. The van der Waals surface area contributed by atoms with Gasteiger partial charge in [-0.15, -0.1) is 0 Å². The second-order valence-electron chi connectivity index (χ2n) is 6.02. The van der Waals surface area contributed by atoms with Gasteiger partial charge in [0.25, 0.3) is 0 Å². The van der Waals surface area contributed by atoms with Crippen LogP contribution in [-0.4, -0.2) is 19.7 Å². The normalized spacial score (nSPS) is 10.4. The second-order valence-corrected chi connectivity index (χ2v) is 6.02. The molecule has 0 aliphatic carbocycles. The number of esters is 1. The van der Waals surface area contributed by atoms with Gasteiger partial charge in [-0.2, -0.15) is 0 Å². The Morgan fingerprint density at radius 3 is 1.77 bits per heavy atom. The van der Waals surface area contributed by atoms with Crippen molar-refractivity contribution >= 4 is 5.97 Å². The lowest BCUT2D eigenvalue weighted by Gasteiger charge is -2.07. The molecule has 3 aromatic rings. The number of hydrogen-bond donors (Lipinski definition) is 0. The molecular formula is C23H22O3. The van der Waals surface area contributed by atoms with Crippen LogP contribution in [0.3, 0.4) is 0 Å². The summed E-state index contributed by atoms with van der Waals surface area (Å²) in [6.45, 7) is 2.20. The van der Waals surface area contributed by atoms with E-state index in [1.165, 1.54) is 11.1 Å². The summed E-state index contributed by atoms with van der Waals surface area (Å²) in [4.78, 5) is 11.7. The molecule has 3 heteroatoms. The highest BCUT2D eigenvalue weighted by atomic mass is 16.5. The maximum Gasteiger partial charge on any atom is 0.338 e. The average Bonchev–Trinajstić information content (AvgIpc) is 2.69. The third kappa shape index (κ3) is 4.31. The Bertz CT molecular complexity index is 847. The fraction of sp³-hybridized carbons (Fsp3) is 0.174. The molecule has 132 valence electrons. The molecule has 0 N–H and O–H groups in total. The minimum atomic E-state index is -0.275. The zero-order valence-corrected chi connectivity index (χ0v) is 15.1. The van der Waals surface area contributed by atoms with Crippen LogP contribution in [0.2, 0.25) is 0 Å². The van der Waals surface area contributed by atoms with E-state index in [9.17, 15) is 4.79 Å². The van der Waals surface area contributed by atoms with Crippen molar-refractivity contribution in [1.29, 1.82) is 0 Å². The first-order valence-electron chi connectivity index (χ1n) is 8.69. The fourth-order valence-electron chi connectivity index (χ4n) is 2.81. The summed E-state index contributed by atoms with van der Waals surface area (Å²) < 4.78 is 10.2. The average molecular weight is 346 g/mol. The summed E-state index contributed by atoms with van der Waals surface area (Å²) in [7, 11) is 1.67. The Hall–Kier alpha value is -3.07. The van der Waals surface area contributed by atoms with Gasteiger partial charge in [-0.25, -0.2) is 4.79 Å². The van der Waals surface area contributed by atoms with E-state index < -0.39 is 0 Å². The third-order valence-electron chi connectivity index (χ3n) is 4.25. The molecule has 0 unspecified atom stereocenters. The Morgan fingerprint density at radius 2 is 1.27 bits per heavy atom. The minimum Gasteiger partial charge on any atom is -0.497 e. The molecule has 0 heterocycles. The van der Waals surface area contributed by atoms with Gasteiger partial charge in [-0.1, -0.05) is 48.5 Å². The number of hydrogen-bond acceptors (Lipinski definition) is 3. The summed E-state index contributed by atoms with van der Waals surface area (Å²) in [6.07, 6.45) is 0.825. The molecule has 0 saturated heterocycles. The first kappa shape index (κ1) is 17.7. The Morgan fingerprint density at radius 1 is 0.769 bits per heavy atom. The maximum atomic E-state index is 11.7. The van der Waals surface area contributed by atoms with Gasteiger partial charge in [0, 0.05) is 0 Å². The summed E-state index contributed by atoms with van der Waals surface area (Å²) in [5.41, 5.74) is 5.32. The van der Waals surface area contributed by atoms with Crippen molar-refractivity contribution in [2.45, 2.75) is 13.3 Å². The van der Waals surface area contributed by atoms with Crippen LogP contribution in [0.15, 0.2) is 72.8 Å². The van der Waals surface area contributed by atoms with E-state index >= 15 is 0 Å². The van der Waals surface area contributed by atoms with Crippen LogP contribution in [0.4, 0.5) is 0 Å². The van der Waals surface area contributed by atoms with Gasteiger partial charge in [0.1, 0.15) is 5.75 Å². The largest absolute Gasteiger partial charge is 0.497 e. The Balaban J connectivity index is 1.68. The van der Waals surface area contributed by atoms with Crippen molar-refractivity contribution in [3.63, 3.8) is 0 Å². The molecule has 0 aliphatic rings. The van der Waals surface area contributed by atoms with Gasteiger partial charge in [0.05, 0.1) is 19.3 Å². The van der Waals surface area contributed by atoms with Crippen LogP contribution in [0, 0.1) is 0 Å². The second kappa shape index (κ2) is 8.34. The number of benzene rings is 3. The molecule has 0 aliphatic heterocycles. The molecule has 3 aromatic carbocycles. The zero-order valence-electron chi connectivity index (χ0n) is 15.1. The van der Waals surface area contributed by atoms with E-state index in [1.807, 2.05) is 43.3 Å². The van der Waals surface area contributed by atoms with Crippen molar-refractivity contribution in [2.75, 3.05) is 13.7 Å². The van der Waals surface area contributed by atoms with Crippen molar-refractivity contribution in [1.82, 2.24) is 0 Å². The summed E-state index contributed by atoms with van der Waals surface area (Å²) >= 11 is 0. The number of rotatable bonds is 6. The highest BCUT2D eigenvalue weighted by Gasteiger charge is 2.06. The maximum absolute atomic E-state index is 11.7. The molecule has 3 nitrogen and oxygen atoms in total.